The van der Waals surface area contributed by atoms with Crippen LogP contribution >= 0.6 is 11.3 Å². The molecule has 86 valence electrons. The van der Waals surface area contributed by atoms with Gasteiger partial charge in [-0.15, -0.1) is 11.3 Å². The van der Waals surface area contributed by atoms with Crippen molar-refractivity contribution < 1.29 is 13.5 Å². The van der Waals surface area contributed by atoms with Gasteiger partial charge in [0, 0.05) is 20.1 Å². The third kappa shape index (κ3) is 2.99. The van der Waals surface area contributed by atoms with E-state index in [1.165, 1.54) is 13.1 Å². The molecular formula is C8H14N2O3S2. The van der Waals surface area contributed by atoms with E-state index in [1.807, 2.05) is 0 Å². The zero-order valence-corrected chi connectivity index (χ0v) is 9.96. The summed E-state index contributed by atoms with van der Waals surface area (Å²) in [5.41, 5.74) is 5.21. The molecule has 0 saturated carbocycles. The van der Waals surface area contributed by atoms with Crippen LogP contribution in [0.4, 0.5) is 0 Å². The Morgan fingerprint density at radius 2 is 2.33 bits per heavy atom. The molecule has 3 N–H and O–H groups in total. The molecule has 0 amide bonds. The van der Waals surface area contributed by atoms with Crippen molar-refractivity contribution in [3.05, 3.63) is 17.5 Å². The highest BCUT2D eigenvalue weighted by molar-refractivity contribution is 7.91. The number of thiophene rings is 1. The van der Waals surface area contributed by atoms with Crippen LogP contribution in [0.2, 0.25) is 0 Å². The van der Waals surface area contributed by atoms with Crippen LogP contribution in [-0.2, 0) is 10.0 Å². The molecule has 0 aliphatic heterocycles. The SMILES string of the molecule is CN(C[C@H](O)CN)S(=O)(=O)c1cccs1. The highest BCUT2D eigenvalue weighted by Crippen LogP contribution is 2.19. The van der Waals surface area contributed by atoms with Gasteiger partial charge >= 0.3 is 0 Å². The summed E-state index contributed by atoms with van der Waals surface area (Å²) in [5.74, 6) is 0. The summed E-state index contributed by atoms with van der Waals surface area (Å²) in [5, 5.41) is 11.0. The summed E-state index contributed by atoms with van der Waals surface area (Å²) < 4.78 is 25.0. The number of aliphatic hydroxyl groups is 1. The minimum absolute atomic E-state index is 0.0106. The Hall–Kier alpha value is -0.470. The van der Waals surface area contributed by atoms with Crippen molar-refractivity contribution in [3.8, 4) is 0 Å². The number of rotatable bonds is 5. The van der Waals surface area contributed by atoms with Crippen LogP contribution in [0, 0.1) is 0 Å². The van der Waals surface area contributed by atoms with Gasteiger partial charge in [-0.2, -0.15) is 4.31 Å². The van der Waals surface area contributed by atoms with E-state index in [0.29, 0.717) is 0 Å². The van der Waals surface area contributed by atoms with Gasteiger partial charge in [0.05, 0.1) is 6.10 Å². The number of hydrogen-bond donors (Lipinski definition) is 2. The first-order chi connectivity index (χ1) is 6.98. The maximum atomic E-state index is 11.8. The van der Waals surface area contributed by atoms with Crippen LogP contribution in [0.15, 0.2) is 21.7 Å². The summed E-state index contributed by atoms with van der Waals surface area (Å²) in [6.45, 7) is 0.0566. The number of aliphatic hydroxyl groups excluding tert-OH is 1. The largest absolute Gasteiger partial charge is 0.390 e. The average molecular weight is 250 g/mol. The molecule has 1 rings (SSSR count). The predicted octanol–water partition coefficient (Wildman–Crippen LogP) is -0.312. The first-order valence-electron chi connectivity index (χ1n) is 4.36. The van der Waals surface area contributed by atoms with Gasteiger partial charge in [-0.05, 0) is 11.4 Å². The average Bonchev–Trinajstić information content (AvgIpc) is 2.70. The standard InChI is InChI=1S/C8H14N2O3S2/c1-10(6-7(11)5-9)15(12,13)8-3-2-4-14-8/h2-4,7,11H,5-6,9H2,1H3/t7-/m1/s1. The van der Waals surface area contributed by atoms with Crippen molar-refractivity contribution in [1.29, 1.82) is 0 Å². The van der Waals surface area contributed by atoms with Crippen molar-refractivity contribution >= 4 is 21.4 Å². The van der Waals surface area contributed by atoms with E-state index >= 15 is 0 Å². The molecule has 1 atom stereocenters. The summed E-state index contributed by atoms with van der Waals surface area (Å²) in [6.07, 6.45) is -0.829. The van der Waals surface area contributed by atoms with Crippen LogP contribution in [-0.4, -0.2) is 44.1 Å². The highest BCUT2D eigenvalue weighted by atomic mass is 32.2. The monoisotopic (exact) mass is 250 g/mol. The maximum absolute atomic E-state index is 11.8. The maximum Gasteiger partial charge on any atom is 0.252 e. The fraction of sp³-hybridized carbons (Fsp3) is 0.500. The molecule has 0 aliphatic rings. The quantitative estimate of drug-likeness (QED) is 0.751. The van der Waals surface area contributed by atoms with Gasteiger partial charge < -0.3 is 10.8 Å². The van der Waals surface area contributed by atoms with E-state index in [9.17, 15) is 13.5 Å². The summed E-state index contributed by atoms with van der Waals surface area (Å²) in [4.78, 5) is 0. The van der Waals surface area contributed by atoms with Gasteiger partial charge in [0.25, 0.3) is 10.0 Å². The lowest BCUT2D eigenvalue weighted by Gasteiger charge is -2.18. The second-order valence-electron chi connectivity index (χ2n) is 3.11. The number of nitrogens with two attached hydrogens (primary N) is 1. The number of nitrogens with zero attached hydrogens (tertiary/aromatic N) is 1. The van der Waals surface area contributed by atoms with Gasteiger partial charge in [0.1, 0.15) is 4.21 Å². The number of sulfonamides is 1. The predicted molar refractivity (Wildman–Crippen MR) is 59.2 cm³/mol. The molecule has 1 aromatic heterocycles. The van der Waals surface area contributed by atoms with Crippen LogP contribution in [0.1, 0.15) is 0 Å². The molecule has 0 unspecified atom stereocenters. The van der Waals surface area contributed by atoms with E-state index in [-0.39, 0.29) is 17.3 Å². The van der Waals surface area contributed by atoms with E-state index in [0.717, 1.165) is 15.6 Å². The first kappa shape index (κ1) is 12.6. The van der Waals surface area contributed by atoms with Gasteiger partial charge in [-0.1, -0.05) is 6.07 Å². The summed E-state index contributed by atoms with van der Waals surface area (Å²) in [6, 6.07) is 3.20. The van der Waals surface area contributed by atoms with Gasteiger partial charge in [-0.25, -0.2) is 8.42 Å². The van der Waals surface area contributed by atoms with Crippen molar-refractivity contribution in [1.82, 2.24) is 4.31 Å². The fourth-order valence-corrected chi connectivity index (χ4v) is 3.44. The Kier molecular flexibility index (Phi) is 4.23. The fourth-order valence-electron chi connectivity index (χ4n) is 1.03. The Morgan fingerprint density at radius 3 is 2.80 bits per heavy atom. The zero-order valence-electron chi connectivity index (χ0n) is 8.33. The molecule has 0 aliphatic carbocycles. The van der Waals surface area contributed by atoms with Crippen molar-refractivity contribution in [2.75, 3.05) is 20.1 Å². The number of hydrogen-bond acceptors (Lipinski definition) is 5. The Balaban J connectivity index is 2.79. The molecule has 5 nitrogen and oxygen atoms in total. The van der Waals surface area contributed by atoms with Crippen LogP contribution in [0.5, 0.6) is 0 Å². The summed E-state index contributed by atoms with van der Waals surface area (Å²) >= 11 is 1.15. The molecule has 0 fully saturated rings. The third-order valence-electron chi connectivity index (χ3n) is 1.90. The minimum Gasteiger partial charge on any atom is -0.390 e. The second-order valence-corrected chi connectivity index (χ2v) is 6.33. The molecule has 0 bridgehead atoms. The lowest BCUT2D eigenvalue weighted by Crippen LogP contribution is -2.37. The molecule has 15 heavy (non-hydrogen) atoms. The van der Waals surface area contributed by atoms with E-state index in [2.05, 4.69) is 0 Å². The lowest BCUT2D eigenvalue weighted by molar-refractivity contribution is 0.160. The molecule has 0 spiro atoms. The van der Waals surface area contributed by atoms with Crippen molar-refractivity contribution in [2.24, 2.45) is 5.73 Å². The molecule has 0 saturated heterocycles. The van der Waals surface area contributed by atoms with Gasteiger partial charge in [0.15, 0.2) is 0 Å². The Labute approximate surface area is 93.2 Å². The summed E-state index contributed by atoms with van der Waals surface area (Å²) in [7, 11) is -2.04. The third-order valence-corrected chi connectivity index (χ3v) is 5.10. The van der Waals surface area contributed by atoms with Crippen LogP contribution in [0.25, 0.3) is 0 Å². The zero-order chi connectivity index (χ0) is 11.5. The van der Waals surface area contributed by atoms with E-state index < -0.39 is 16.1 Å². The van der Waals surface area contributed by atoms with Crippen molar-refractivity contribution in [3.63, 3.8) is 0 Å². The Bertz CT molecular complexity index is 388. The van der Waals surface area contributed by atoms with E-state index in [1.54, 1.807) is 11.4 Å². The molecule has 1 heterocycles. The first-order valence-corrected chi connectivity index (χ1v) is 6.68. The molecular weight excluding hydrogens is 236 g/mol. The lowest BCUT2D eigenvalue weighted by atomic mass is 10.4. The van der Waals surface area contributed by atoms with Crippen LogP contribution in [0.3, 0.4) is 0 Å². The Morgan fingerprint density at radius 1 is 1.67 bits per heavy atom. The number of likely N-dealkylation sites (N-methyl/N-ethyl adjacent to an activating group) is 1. The molecule has 0 aromatic carbocycles. The molecule has 0 radical (unpaired) electrons. The normalized spacial score (nSPS) is 14.4. The van der Waals surface area contributed by atoms with Gasteiger partial charge in [-0.3, -0.25) is 0 Å². The highest BCUT2D eigenvalue weighted by Gasteiger charge is 2.23. The smallest absolute Gasteiger partial charge is 0.252 e. The molecule has 1 aromatic rings. The second kappa shape index (κ2) is 5.04. The van der Waals surface area contributed by atoms with E-state index in [4.69, 9.17) is 5.73 Å². The minimum atomic E-state index is -3.46. The van der Waals surface area contributed by atoms with Crippen molar-refractivity contribution in [2.45, 2.75) is 10.3 Å². The molecule has 7 heteroatoms. The van der Waals surface area contributed by atoms with Gasteiger partial charge in [0.2, 0.25) is 0 Å². The van der Waals surface area contributed by atoms with Crippen LogP contribution < -0.4 is 5.73 Å². The topological polar surface area (TPSA) is 83.6 Å².